The highest BCUT2D eigenvalue weighted by atomic mass is 16.3. The molecule has 2 atom stereocenters. The van der Waals surface area contributed by atoms with Gasteiger partial charge in [-0.15, -0.1) is 0 Å². The van der Waals surface area contributed by atoms with Gasteiger partial charge in [-0.25, -0.2) is 0 Å². The second-order valence-corrected chi connectivity index (χ2v) is 19.0. The molecule has 0 aromatic rings. The molecule has 0 heterocycles. The van der Waals surface area contributed by atoms with Gasteiger partial charge in [0.05, 0.1) is 18.8 Å². The number of amides is 1. The first kappa shape index (κ1) is 58.1. The maximum atomic E-state index is 12.3. The van der Waals surface area contributed by atoms with E-state index in [9.17, 15) is 15.0 Å². The van der Waals surface area contributed by atoms with Crippen LogP contribution in [0.5, 0.6) is 0 Å². The summed E-state index contributed by atoms with van der Waals surface area (Å²) in [6.07, 6.45) is 67.1. The van der Waals surface area contributed by atoms with Crippen LogP contribution >= 0.6 is 0 Å². The van der Waals surface area contributed by atoms with E-state index in [1.807, 2.05) is 6.08 Å². The number of aliphatic hydroxyl groups is 2. The summed E-state index contributed by atoms with van der Waals surface area (Å²) < 4.78 is 0. The fraction of sp³-hybridized carbons (Fsp3) is 0.945. The third kappa shape index (κ3) is 48.0. The van der Waals surface area contributed by atoms with E-state index < -0.39 is 12.1 Å². The molecule has 0 spiro atoms. The minimum absolute atomic E-state index is 0.0623. The molecule has 0 radical (unpaired) electrons. The first-order valence-corrected chi connectivity index (χ1v) is 27.4. The highest BCUT2D eigenvalue weighted by Gasteiger charge is 2.18. The molecule has 4 heteroatoms. The molecular weight excluding hydrogens is 723 g/mol. The van der Waals surface area contributed by atoms with Crippen LogP contribution in [0, 0.1) is 0 Å². The third-order valence-corrected chi connectivity index (χ3v) is 13.0. The average Bonchev–Trinajstić information content (AvgIpc) is 3.24. The lowest BCUT2D eigenvalue weighted by molar-refractivity contribution is -0.123. The van der Waals surface area contributed by atoms with Crippen molar-refractivity contribution in [3.8, 4) is 0 Å². The molecule has 1 amide bonds. The quantitative estimate of drug-likeness (QED) is 0.0422. The first-order chi connectivity index (χ1) is 29.2. The summed E-state index contributed by atoms with van der Waals surface area (Å²) in [5.74, 6) is -0.0623. The molecule has 0 fully saturated rings. The van der Waals surface area contributed by atoms with Gasteiger partial charge in [0.25, 0.3) is 0 Å². The van der Waals surface area contributed by atoms with Crippen LogP contribution in [-0.4, -0.2) is 34.9 Å². The first-order valence-electron chi connectivity index (χ1n) is 27.4. The molecule has 0 bridgehead atoms. The van der Waals surface area contributed by atoms with Gasteiger partial charge >= 0.3 is 0 Å². The Hall–Kier alpha value is -0.870. The highest BCUT2D eigenvalue weighted by molar-refractivity contribution is 5.76. The Morgan fingerprint density at radius 2 is 0.627 bits per heavy atom. The molecule has 0 rings (SSSR count). The molecule has 0 saturated heterocycles. The molecule has 0 aromatic heterocycles. The number of allylic oxidation sites excluding steroid dienone is 1. The van der Waals surface area contributed by atoms with Gasteiger partial charge < -0.3 is 15.5 Å². The van der Waals surface area contributed by atoms with Crippen LogP contribution in [-0.2, 0) is 4.79 Å². The SMILES string of the molecule is CCCCCCC/C=C/C(O)C(CO)NC(=O)CCCCCCCCCCCCCCCCCCCCCCCCCCCCCCCCCCCCCCCCCC. The second kappa shape index (κ2) is 51.5. The van der Waals surface area contributed by atoms with Gasteiger partial charge in [-0.1, -0.05) is 302 Å². The molecule has 0 aromatic carbocycles. The average molecular weight is 832 g/mol. The molecule has 2 unspecified atom stereocenters. The van der Waals surface area contributed by atoms with Crippen molar-refractivity contribution in [2.45, 2.75) is 328 Å². The van der Waals surface area contributed by atoms with Crippen LogP contribution in [0.15, 0.2) is 12.2 Å². The van der Waals surface area contributed by atoms with Crippen LogP contribution in [0.3, 0.4) is 0 Å². The Morgan fingerprint density at radius 3 is 0.881 bits per heavy atom. The maximum absolute atomic E-state index is 12.3. The van der Waals surface area contributed by atoms with E-state index in [0.717, 1.165) is 25.7 Å². The Balaban J connectivity index is 3.26. The number of rotatable bonds is 51. The van der Waals surface area contributed by atoms with Crippen LogP contribution in [0.1, 0.15) is 316 Å². The minimum atomic E-state index is -0.831. The second-order valence-electron chi connectivity index (χ2n) is 19.0. The molecule has 0 saturated carbocycles. The van der Waals surface area contributed by atoms with Gasteiger partial charge in [0, 0.05) is 6.42 Å². The normalized spacial score (nSPS) is 12.8. The fourth-order valence-corrected chi connectivity index (χ4v) is 8.83. The summed E-state index contributed by atoms with van der Waals surface area (Å²) in [6.45, 7) is 4.28. The van der Waals surface area contributed by atoms with Crippen molar-refractivity contribution in [1.82, 2.24) is 5.32 Å². The molecule has 0 aliphatic heterocycles. The molecule has 0 aliphatic rings. The van der Waals surface area contributed by atoms with E-state index >= 15 is 0 Å². The zero-order valence-corrected chi connectivity index (χ0v) is 40.6. The lowest BCUT2D eigenvalue weighted by atomic mass is 10.0. The molecule has 3 N–H and O–H groups in total. The van der Waals surface area contributed by atoms with Crippen molar-refractivity contribution in [1.29, 1.82) is 0 Å². The number of aliphatic hydroxyl groups excluding tert-OH is 2. The van der Waals surface area contributed by atoms with Crippen molar-refractivity contribution < 1.29 is 15.0 Å². The largest absolute Gasteiger partial charge is 0.394 e. The van der Waals surface area contributed by atoms with Crippen LogP contribution in [0.25, 0.3) is 0 Å². The van der Waals surface area contributed by atoms with Crippen molar-refractivity contribution in [2.75, 3.05) is 6.61 Å². The van der Waals surface area contributed by atoms with Gasteiger partial charge in [-0.3, -0.25) is 4.79 Å². The predicted octanol–water partition coefficient (Wildman–Crippen LogP) is 17.8. The summed E-state index contributed by atoms with van der Waals surface area (Å²) in [6, 6.07) is -0.614. The van der Waals surface area contributed by atoms with Crippen molar-refractivity contribution in [3.63, 3.8) is 0 Å². The molecule has 59 heavy (non-hydrogen) atoms. The summed E-state index contributed by atoms with van der Waals surface area (Å²) in [5, 5.41) is 22.8. The van der Waals surface area contributed by atoms with Crippen molar-refractivity contribution >= 4 is 5.91 Å². The number of hydrogen-bond donors (Lipinski definition) is 3. The van der Waals surface area contributed by atoms with E-state index in [1.54, 1.807) is 6.08 Å². The van der Waals surface area contributed by atoms with Gasteiger partial charge in [-0.05, 0) is 19.3 Å². The van der Waals surface area contributed by atoms with Crippen molar-refractivity contribution in [2.24, 2.45) is 0 Å². The lowest BCUT2D eigenvalue weighted by Crippen LogP contribution is -2.45. The van der Waals surface area contributed by atoms with E-state index in [1.165, 1.54) is 270 Å². The number of carbonyl (C=O) groups excluding carboxylic acids is 1. The number of carbonyl (C=O) groups is 1. The molecule has 0 aliphatic carbocycles. The highest BCUT2D eigenvalue weighted by Crippen LogP contribution is 2.18. The molecule has 4 nitrogen and oxygen atoms in total. The third-order valence-electron chi connectivity index (χ3n) is 13.0. The van der Waals surface area contributed by atoms with Gasteiger partial charge in [0.15, 0.2) is 0 Å². The van der Waals surface area contributed by atoms with E-state index in [0.29, 0.717) is 6.42 Å². The number of nitrogens with one attached hydrogen (secondary N) is 1. The maximum Gasteiger partial charge on any atom is 0.220 e. The summed E-state index contributed by atoms with van der Waals surface area (Å²) in [4.78, 5) is 12.3. The Morgan fingerprint density at radius 1 is 0.390 bits per heavy atom. The van der Waals surface area contributed by atoms with Gasteiger partial charge in [-0.2, -0.15) is 0 Å². The Kier molecular flexibility index (Phi) is 50.7. The zero-order valence-electron chi connectivity index (χ0n) is 40.6. The summed E-state index contributed by atoms with van der Waals surface area (Å²) in [5.41, 5.74) is 0. The van der Waals surface area contributed by atoms with Crippen LogP contribution < -0.4 is 5.32 Å². The summed E-state index contributed by atoms with van der Waals surface area (Å²) >= 11 is 0. The minimum Gasteiger partial charge on any atom is -0.394 e. The Bertz CT molecular complexity index is 814. The lowest BCUT2D eigenvalue weighted by Gasteiger charge is -2.20. The smallest absolute Gasteiger partial charge is 0.220 e. The van der Waals surface area contributed by atoms with Crippen LogP contribution in [0.2, 0.25) is 0 Å². The van der Waals surface area contributed by atoms with Crippen LogP contribution in [0.4, 0.5) is 0 Å². The fourth-order valence-electron chi connectivity index (χ4n) is 8.83. The monoisotopic (exact) mass is 832 g/mol. The number of hydrogen-bond acceptors (Lipinski definition) is 3. The van der Waals surface area contributed by atoms with Gasteiger partial charge in [0.1, 0.15) is 0 Å². The standard InChI is InChI=1S/C55H109NO3/c1-3-5-7-9-11-12-13-14-15-16-17-18-19-20-21-22-23-24-25-26-27-28-29-30-31-32-33-34-35-36-37-38-39-40-41-42-43-45-47-49-51-55(59)56-53(52-57)54(58)50-48-46-44-10-8-6-4-2/h48,50,53-54,57-58H,3-47,49,51-52H2,1-2H3,(H,56,59)/b50-48+. The predicted molar refractivity (Wildman–Crippen MR) is 263 cm³/mol. The van der Waals surface area contributed by atoms with E-state index in [2.05, 4.69) is 19.2 Å². The zero-order chi connectivity index (χ0) is 42.8. The number of unbranched alkanes of at least 4 members (excludes halogenated alkanes) is 44. The molecule has 352 valence electrons. The van der Waals surface area contributed by atoms with E-state index in [-0.39, 0.29) is 12.5 Å². The van der Waals surface area contributed by atoms with E-state index in [4.69, 9.17) is 0 Å². The Labute approximate surface area is 371 Å². The topological polar surface area (TPSA) is 69.6 Å². The summed E-state index contributed by atoms with van der Waals surface area (Å²) in [7, 11) is 0. The van der Waals surface area contributed by atoms with Gasteiger partial charge in [0.2, 0.25) is 5.91 Å². The molecular formula is C55H109NO3. The van der Waals surface area contributed by atoms with Crippen molar-refractivity contribution in [3.05, 3.63) is 12.2 Å².